The first kappa shape index (κ1) is 16.1. The van der Waals surface area contributed by atoms with Gasteiger partial charge < -0.3 is 9.68 Å². The molecule has 21 heavy (non-hydrogen) atoms. The molecule has 0 aromatic rings. The molecule has 0 N–H and O–H groups in total. The summed E-state index contributed by atoms with van der Waals surface area (Å²) in [5.74, 6) is 1.03. The van der Waals surface area contributed by atoms with Crippen LogP contribution in [0.25, 0.3) is 0 Å². The Balaban J connectivity index is 2.21. The summed E-state index contributed by atoms with van der Waals surface area (Å²) in [5, 5.41) is 18.9. The molecule has 11 heteroatoms. The fourth-order valence-electron chi connectivity index (χ4n) is 2.85. The van der Waals surface area contributed by atoms with Crippen molar-refractivity contribution in [3.05, 3.63) is 20.2 Å². The SMILES string of the molecule is O=C1C(CO[N+](=O)[O-])(CO[N+](=O)[O-])CCCC12CSSC2. The zero-order valence-electron chi connectivity index (χ0n) is 11.0. The molecule has 2 fully saturated rings. The highest BCUT2D eigenvalue weighted by molar-refractivity contribution is 8.77. The largest absolute Gasteiger partial charge is 0.313 e. The maximum absolute atomic E-state index is 12.9. The zero-order chi connectivity index (χ0) is 15.5. The first-order valence-corrected chi connectivity index (χ1v) is 8.73. The van der Waals surface area contributed by atoms with Crippen molar-refractivity contribution in [1.29, 1.82) is 0 Å². The number of Topliss-reactive ketones (excluding diaryl/α,β-unsaturated/α-hetero) is 1. The van der Waals surface area contributed by atoms with Crippen molar-refractivity contribution in [2.24, 2.45) is 10.8 Å². The number of rotatable bonds is 6. The van der Waals surface area contributed by atoms with E-state index in [1.807, 2.05) is 0 Å². The van der Waals surface area contributed by atoms with E-state index in [2.05, 4.69) is 9.68 Å². The van der Waals surface area contributed by atoms with Crippen LogP contribution in [-0.4, -0.2) is 40.7 Å². The van der Waals surface area contributed by atoms with Gasteiger partial charge in [-0.25, -0.2) is 0 Å². The molecule has 1 heterocycles. The van der Waals surface area contributed by atoms with Crippen LogP contribution in [0.5, 0.6) is 0 Å². The van der Waals surface area contributed by atoms with E-state index in [4.69, 9.17) is 0 Å². The summed E-state index contributed by atoms with van der Waals surface area (Å²) in [6.45, 7) is -0.993. The van der Waals surface area contributed by atoms with Crippen molar-refractivity contribution < 1.29 is 24.6 Å². The number of hydrogen-bond acceptors (Lipinski definition) is 9. The lowest BCUT2D eigenvalue weighted by Gasteiger charge is -2.42. The second-order valence-electron chi connectivity index (χ2n) is 5.26. The van der Waals surface area contributed by atoms with Crippen LogP contribution in [0.2, 0.25) is 0 Å². The molecule has 0 aromatic carbocycles. The van der Waals surface area contributed by atoms with E-state index >= 15 is 0 Å². The van der Waals surface area contributed by atoms with Crippen molar-refractivity contribution >= 4 is 27.4 Å². The highest BCUT2D eigenvalue weighted by atomic mass is 33.1. The Morgan fingerprint density at radius 3 is 2.05 bits per heavy atom. The molecule has 0 amide bonds. The van der Waals surface area contributed by atoms with E-state index in [-0.39, 0.29) is 5.78 Å². The van der Waals surface area contributed by atoms with E-state index < -0.39 is 34.2 Å². The van der Waals surface area contributed by atoms with Gasteiger partial charge in [0.15, 0.2) is 5.78 Å². The third-order valence-electron chi connectivity index (χ3n) is 3.92. The Bertz CT molecular complexity index is 435. The smallest absolute Gasteiger partial charge is 0.294 e. The molecule has 9 nitrogen and oxygen atoms in total. The monoisotopic (exact) mass is 338 g/mol. The Morgan fingerprint density at radius 2 is 1.57 bits per heavy atom. The molecular formula is C10H14N2O7S2. The van der Waals surface area contributed by atoms with Crippen LogP contribution in [0.3, 0.4) is 0 Å². The van der Waals surface area contributed by atoms with Crippen LogP contribution in [0.15, 0.2) is 0 Å². The molecule has 1 spiro atoms. The minimum atomic E-state index is -1.32. The fraction of sp³-hybridized carbons (Fsp3) is 0.900. The zero-order valence-corrected chi connectivity index (χ0v) is 12.7. The van der Waals surface area contributed by atoms with Gasteiger partial charge in [-0.05, 0) is 12.8 Å². The van der Waals surface area contributed by atoms with Gasteiger partial charge in [0.05, 0.1) is 5.41 Å². The summed E-state index contributed by atoms with van der Waals surface area (Å²) in [6, 6.07) is 0. The van der Waals surface area contributed by atoms with Crippen LogP contribution >= 0.6 is 21.6 Å². The van der Waals surface area contributed by atoms with E-state index in [1.165, 1.54) is 0 Å². The molecular weight excluding hydrogens is 324 g/mol. The molecule has 0 aromatic heterocycles. The van der Waals surface area contributed by atoms with E-state index in [0.29, 0.717) is 30.8 Å². The van der Waals surface area contributed by atoms with Gasteiger partial charge in [0.1, 0.15) is 13.2 Å². The summed E-state index contributed by atoms with van der Waals surface area (Å²) in [6.07, 6.45) is 1.66. The molecule has 2 aliphatic rings. The van der Waals surface area contributed by atoms with Gasteiger partial charge in [-0.1, -0.05) is 28.0 Å². The second kappa shape index (κ2) is 6.26. The first-order chi connectivity index (χ1) is 9.90. The van der Waals surface area contributed by atoms with Crippen LogP contribution in [0.4, 0.5) is 0 Å². The molecule has 0 bridgehead atoms. The average Bonchev–Trinajstić information content (AvgIpc) is 2.89. The third kappa shape index (κ3) is 3.34. The number of carbonyl (C=O) groups is 1. The van der Waals surface area contributed by atoms with Crippen molar-refractivity contribution in [2.45, 2.75) is 19.3 Å². The minimum Gasteiger partial charge on any atom is -0.313 e. The Morgan fingerprint density at radius 1 is 1.05 bits per heavy atom. The summed E-state index contributed by atoms with van der Waals surface area (Å²) in [5.41, 5.74) is -1.89. The standard InChI is InChI=1S/C10H14N2O7S2/c13-8-9(4-18-11(14)15,5-19-12(16)17)2-1-3-10(8)6-20-21-7-10/h1-7H2. The van der Waals surface area contributed by atoms with Gasteiger partial charge in [-0.3, -0.25) is 4.79 Å². The van der Waals surface area contributed by atoms with E-state index in [1.54, 1.807) is 21.6 Å². The molecule has 1 saturated heterocycles. The fourth-order valence-corrected chi connectivity index (χ4v) is 6.21. The number of ketones is 1. The average molecular weight is 338 g/mol. The van der Waals surface area contributed by atoms with Crippen molar-refractivity contribution in [2.75, 3.05) is 24.7 Å². The first-order valence-electron chi connectivity index (χ1n) is 6.24. The van der Waals surface area contributed by atoms with Crippen LogP contribution in [0, 0.1) is 31.1 Å². The topological polar surface area (TPSA) is 122 Å². The van der Waals surface area contributed by atoms with Gasteiger partial charge in [-0.15, -0.1) is 20.2 Å². The molecule has 118 valence electrons. The van der Waals surface area contributed by atoms with Crippen molar-refractivity contribution in [3.8, 4) is 0 Å². The van der Waals surface area contributed by atoms with Gasteiger partial charge in [0.25, 0.3) is 10.2 Å². The maximum atomic E-state index is 12.9. The predicted octanol–water partition coefficient (Wildman–Crippen LogP) is 1.52. The Labute approximate surface area is 127 Å². The molecule has 0 radical (unpaired) electrons. The van der Waals surface area contributed by atoms with Gasteiger partial charge in [0, 0.05) is 16.9 Å². The molecule has 2 rings (SSSR count). The summed E-state index contributed by atoms with van der Waals surface area (Å²) in [4.78, 5) is 42.5. The van der Waals surface area contributed by atoms with Gasteiger partial charge in [-0.2, -0.15) is 0 Å². The quantitative estimate of drug-likeness (QED) is 0.403. The second-order valence-corrected chi connectivity index (χ2v) is 7.72. The normalized spacial score (nSPS) is 23.0. The third-order valence-corrected chi connectivity index (χ3v) is 6.63. The lowest BCUT2D eigenvalue weighted by Crippen LogP contribution is -2.53. The highest BCUT2D eigenvalue weighted by Gasteiger charge is 2.55. The predicted molar refractivity (Wildman–Crippen MR) is 74.5 cm³/mol. The lowest BCUT2D eigenvalue weighted by atomic mass is 9.63. The summed E-state index contributed by atoms with van der Waals surface area (Å²) < 4.78 is 0. The van der Waals surface area contributed by atoms with E-state index in [9.17, 15) is 25.0 Å². The van der Waals surface area contributed by atoms with Crippen LogP contribution in [-0.2, 0) is 14.5 Å². The minimum absolute atomic E-state index is 0.206. The number of nitrogens with zero attached hydrogens (tertiary/aromatic N) is 2. The molecule has 1 aliphatic carbocycles. The summed E-state index contributed by atoms with van der Waals surface area (Å²) >= 11 is 0. The van der Waals surface area contributed by atoms with Crippen molar-refractivity contribution in [1.82, 2.24) is 0 Å². The van der Waals surface area contributed by atoms with Crippen LogP contribution in [0.1, 0.15) is 19.3 Å². The van der Waals surface area contributed by atoms with Gasteiger partial charge >= 0.3 is 0 Å². The Kier molecular flexibility index (Phi) is 4.81. The summed E-state index contributed by atoms with van der Waals surface area (Å²) in [7, 11) is 3.16. The lowest BCUT2D eigenvalue weighted by molar-refractivity contribution is -0.770. The number of hydrogen-bond donors (Lipinski definition) is 0. The molecule has 1 saturated carbocycles. The van der Waals surface area contributed by atoms with Gasteiger partial charge in [0.2, 0.25) is 0 Å². The van der Waals surface area contributed by atoms with E-state index in [0.717, 1.165) is 0 Å². The maximum Gasteiger partial charge on any atom is 0.294 e. The highest BCUT2D eigenvalue weighted by Crippen LogP contribution is 2.53. The van der Waals surface area contributed by atoms with Crippen molar-refractivity contribution in [3.63, 3.8) is 0 Å². The molecule has 0 unspecified atom stereocenters. The number of carbonyl (C=O) groups excluding carboxylic acids is 1. The molecule has 0 atom stereocenters. The Hall–Kier alpha value is -1.23. The molecule has 1 aliphatic heterocycles. The van der Waals surface area contributed by atoms with Crippen LogP contribution < -0.4 is 0 Å².